The first-order valence-electron chi connectivity index (χ1n) is 8.06. The van der Waals surface area contributed by atoms with Gasteiger partial charge >= 0.3 is 0 Å². The van der Waals surface area contributed by atoms with Gasteiger partial charge in [0.05, 0.1) is 18.2 Å². The van der Waals surface area contributed by atoms with Crippen LogP contribution in [-0.2, 0) is 4.79 Å². The lowest BCUT2D eigenvalue weighted by molar-refractivity contribution is -0.117. The van der Waals surface area contributed by atoms with Gasteiger partial charge in [0.1, 0.15) is 10.2 Å². The predicted octanol–water partition coefficient (Wildman–Crippen LogP) is 2.92. The Bertz CT molecular complexity index is 841. The van der Waals surface area contributed by atoms with Gasteiger partial charge in [0.25, 0.3) is 0 Å². The predicted molar refractivity (Wildman–Crippen MR) is 89.3 cm³/mol. The number of halogens is 1. The normalized spacial score (nSPS) is 20.8. The number of nitrogens with zero attached hydrogens (tertiary/aromatic N) is 4. The summed E-state index contributed by atoms with van der Waals surface area (Å²) in [7, 11) is 0. The molecule has 0 bridgehead atoms. The summed E-state index contributed by atoms with van der Waals surface area (Å²) in [5, 5.41) is 12.6. The number of piperidine rings is 1. The maximum Gasteiger partial charge on any atom is 0.228 e. The highest BCUT2D eigenvalue weighted by Crippen LogP contribution is 2.37. The number of hydrogen-bond donors (Lipinski definition) is 1. The molecule has 124 valence electrons. The van der Waals surface area contributed by atoms with Crippen molar-refractivity contribution in [3.63, 3.8) is 0 Å². The molecule has 1 saturated heterocycles. The summed E-state index contributed by atoms with van der Waals surface area (Å²) in [5.41, 5.74) is 0.232. The van der Waals surface area contributed by atoms with Crippen molar-refractivity contribution in [2.24, 2.45) is 11.8 Å². The Balaban J connectivity index is 1.67. The molecule has 0 radical (unpaired) electrons. The quantitative estimate of drug-likeness (QED) is 0.925. The fraction of sp³-hybridized carbons (Fsp3) is 0.500. The van der Waals surface area contributed by atoms with E-state index in [0.29, 0.717) is 22.2 Å². The molecule has 2 fully saturated rings. The number of fused-ring (bicyclic) bond motifs is 1. The van der Waals surface area contributed by atoms with E-state index < -0.39 is 5.82 Å². The molecule has 1 saturated carbocycles. The highest BCUT2D eigenvalue weighted by Gasteiger charge is 2.31. The van der Waals surface area contributed by atoms with Crippen LogP contribution in [0.25, 0.3) is 10.2 Å². The minimum Gasteiger partial charge on any atom is -0.347 e. The third kappa shape index (κ3) is 2.80. The van der Waals surface area contributed by atoms with Crippen LogP contribution in [0.1, 0.15) is 25.7 Å². The van der Waals surface area contributed by atoms with Gasteiger partial charge in [0.15, 0.2) is 16.8 Å². The van der Waals surface area contributed by atoms with E-state index >= 15 is 0 Å². The second-order valence-electron chi connectivity index (χ2n) is 6.31. The molecule has 0 spiro atoms. The van der Waals surface area contributed by atoms with Gasteiger partial charge in [-0.05, 0) is 25.7 Å². The molecule has 1 aliphatic heterocycles. The maximum absolute atomic E-state index is 14.1. The van der Waals surface area contributed by atoms with E-state index in [-0.39, 0.29) is 23.3 Å². The van der Waals surface area contributed by atoms with Crippen LogP contribution in [0.2, 0.25) is 0 Å². The highest BCUT2D eigenvalue weighted by molar-refractivity contribution is 7.22. The lowest BCUT2D eigenvalue weighted by Gasteiger charge is -2.28. The lowest BCUT2D eigenvalue weighted by atomic mass is 10.0. The molecule has 1 N–H and O–H groups in total. The number of nitriles is 1. The van der Waals surface area contributed by atoms with E-state index in [2.05, 4.69) is 21.4 Å². The number of rotatable bonds is 3. The fourth-order valence-corrected chi connectivity index (χ4v) is 3.97. The Hall–Kier alpha value is -2.27. The standard InChI is InChI=1S/C16H16FN5OS/c17-11-7-19-14(21-15(23)10-3-4-10)13-12(11)20-16(24-13)22-5-1-2-9(6-18)8-22/h7,9-10H,1-5,8H2,(H,19,21,23). The Kier molecular flexibility index (Phi) is 3.81. The van der Waals surface area contributed by atoms with Crippen LogP contribution in [-0.4, -0.2) is 29.0 Å². The molecule has 2 aliphatic rings. The number of amides is 1. The monoisotopic (exact) mass is 345 g/mol. The number of carbonyl (C=O) groups is 1. The lowest BCUT2D eigenvalue weighted by Crippen LogP contribution is -2.34. The SMILES string of the molecule is N#CC1CCCN(c2nc3c(F)cnc(NC(=O)C4CC4)c3s2)C1. The number of thiazole rings is 1. The molecule has 1 atom stereocenters. The van der Waals surface area contributed by atoms with Gasteiger partial charge in [-0.1, -0.05) is 11.3 Å². The molecule has 2 aromatic rings. The van der Waals surface area contributed by atoms with Crippen LogP contribution in [0.3, 0.4) is 0 Å². The summed E-state index contributed by atoms with van der Waals surface area (Å²) in [6.07, 6.45) is 4.69. The first-order chi connectivity index (χ1) is 11.7. The van der Waals surface area contributed by atoms with Crippen LogP contribution in [0.4, 0.5) is 15.3 Å². The number of nitrogens with one attached hydrogen (secondary N) is 1. The second-order valence-corrected chi connectivity index (χ2v) is 7.28. The average molecular weight is 345 g/mol. The summed E-state index contributed by atoms with van der Waals surface area (Å²) in [4.78, 5) is 22.4. The Morgan fingerprint density at radius 1 is 1.46 bits per heavy atom. The van der Waals surface area contributed by atoms with E-state index in [0.717, 1.165) is 38.4 Å². The molecule has 4 rings (SSSR count). The molecular formula is C16H16FN5OS. The molecular weight excluding hydrogens is 329 g/mol. The van der Waals surface area contributed by atoms with Gasteiger partial charge in [0.2, 0.25) is 5.91 Å². The molecule has 2 aromatic heterocycles. The van der Waals surface area contributed by atoms with Crippen LogP contribution < -0.4 is 10.2 Å². The van der Waals surface area contributed by atoms with Gasteiger partial charge in [-0.3, -0.25) is 4.79 Å². The zero-order valence-corrected chi connectivity index (χ0v) is 13.8. The number of anilines is 2. The van der Waals surface area contributed by atoms with E-state index in [4.69, 9.17) is 5.26 Å². The van der Waals surface area contributed by atoms with Crippen LogP contribution >= 0.6 is 11.3 Å². The summed E-state index contributed by atoms with van der Waals surface area (Å²) < 4.78 is 14.6. The molecule has 6 nitrogen and oxygen atoms in total. The van der Waals surface area contributed by atoms with Crippen molar-refractivity contribution in [1.82, 2.24) is 9.97 Å². The van der Waals surface area contributed by atoms with E-state index in [9.17, 15) is 9.18 Å². The molecule has 3 heterocycles. The van der Waals surface area contributed by atoms with Crippen molar-refractivity contribution in [2.75, 3.05) is 23.3 Å². The smallest absolute Gasteiger partial charge is 0.228 e. The Morgan fingerprint density at radius 2 is 2.29 bits per heavy atom. The number of hydrogen-bond acceptors (Lipinski definition) is 6. The van der Waals surface area contributed by atoms with Gasteiger partial charge < -0.3 is 10.2 Å². The Morgan fingerprint density at radius 3 is 3.04 bits per heavy atom. The van der Waals surface area contributed by atoms with Crippen molar-refractivity contribution in [2.45, 2.75) is 25.7 Å². The van der Waals surface area contributed by atoms with E-state index in [1.54, 1.807) is 0 Å². The summed E-state index contributed by atoms with van der Waals surface area (Å²) in [6.45, 7) is 1.41. The fourth-order valence-electron chi connectivity index (χ4n) is 2.92. The summed E-state index contributed by atoms with van der Waals surface area (Å²) in [6, 6.07) is 2.30. The van der Waals surface area contributed by atoms with E-state index in [1.807, 2.05) is 4.90 Å². The molecule has 1 unspecified atom stereocenters. The van der Waals surface area contributed by atoms with Gasteiger partial charge in [0, 0.05) is 19.0 Å². The molecule has 0 aromatic carbocycles. The third-order valence-electron chi connectivity index (χ3n) is 4.43. The molecule has 8 heteroatoms. The first-order valence-corrected chi connectivity index (χ1v) is 8.88. The molecule has 1 aliphatic carbocycles. The third-order valence-corrected chi connectivity index (χ3v) is 5.55. The van der Waals surface area contributed by atoms with Crippen LogP contribution in [0, 0.1) is 29.0 Å². The summed E-state index contributed by atoms with van der Waals surface area (Å²) in [5.74, 6) is -0.153. The van der Waals surface area contributed by atoms with Crippen molar-refractivity contribution in [3.8, 4) is 6.07 Å². The van der Waals surface area contributed by atoms with Gasteiger partial charge in [-0.2, -0.15) is 5.26 Å². The van der Waals surface area contributed by atoms with Crippen LogP contribution in [0.15, 0.2) is 6.20 Å². The number of carbonyl (C=O) groups excluding carboxylic acids is 1. The van der Waals surface area contributed by atoms with Crippen LogP contribution in [0.5, 0.6) is 0 Å². The Labute approximate surface area is 142 Å². The number of aromatic nitrogens is 2. The minimum atomic E-state index is -0.495. The molecule has 24 heavy (non-hydrogen) atoms. The van der Waals surface area contributed by atoms with Gasteiger partial charge in [-0.25, -0.2) is 14.4 Å². The van der Waals surface area contributed by atoms with Crippen molar-refractivity contribution in [3.05, 3.63) is 12.0 Å². The van der Waals surface area contributed by atoms with Gasteiger partial charge in [-0.15, -0.1) is 0 Å². The van der Waals surface area contributed by atoms with Crippen molar-refractivity contribution in [1.29, 1.82) is 5.26 Å². The average Bonchev–Trinajstić information content (AvgIpc) is 3.35. The zero-order valence-electron chi connectivity index (χ0n) is 13.0. The first kappa shape index (κ1) is 15.3. The highest BCUT2D eigenvalue weighted by atomic mass is 32.1. The maximum atomic E-state index is 14.1. The number of pyridine rings is 1. The molecule has 1 amide bonds. The second kappa shape index (κ2) is 5.98. The topological polar surface area (TPSA) is 81.9 Å². The largest absolute Gasteiger partial charge is 0.347 e. The minimum absolute atomic E-state index is 0.0252. The van der Waals surface area contributed by atoms with Crippen molar-refractivity contribution < 1.29 is 9.18 Å². The van der Waals surface area contributed by atoms with Crippen molar-refractivity contribution >= 4 is 38.4 Å². The summed E-state index contributed by atoms with van der Waals surface area (Å²) >= 11 is 1.32. The zero-order chi connectivity index (χ0) is 16.7. The van der Waals surface area contributed by atoms with E-state index in [1.165, 1.54) is 11.3 Å².